The summed E-state index contributed by atoms with van der Waals surface area (Å²) in [6.45, 7) is 8.00. The molecule has 3 N–H and O–H groups in total. The molecule has 20 heavy (non-hydrogen) atoms. The van der Waals surface area contributed by atoms with Crippen LogP contribution in [-0.2, 0) is 4.79 Å². The number of benzene rings is 1. The Morgan fingerprint density at radius 2 is 2.05 bits per heavy atom. The van der Waals surface area contributed by atoms with Gasteiger partial charge in [-0.1, -0.05) is 36.7 Å². The molecule has 0 fully saturated rings. The molecule has 1 amide bonds. The fraction of sp³-hybridized carbons (Fsp3) is 0.533. The van der Waals surface area contributed by atoms with Crippen molar-refractivity contribution in [2.75, 3.05) is 12.4 Å². The first-order chi connectivity index (χ1) is 9.15. The first-order valence-electron chi connectivity index (χ1n) is 6.54. The van der Waals surface area contributed by atoms with Crippen LogP contribution < -0.4 is 15.8 Å². The zero-order valence-electron chi connectivity index (χ0n) is 12.7. The molecule has 0 aromatic heterocycles. The molecule has 0 aliphatic heterocycles. The molecule has 1 atom stereocenters. The number of methoxy groups -OCH3 is 1. The summed E-state index contributed by atoms with van der Waals surface area (Å²) in [5, 5.41) is 2.90. The van der Waals surface area contributed by atoms with Gasteiger partial charge in [-0.15, -0.1) is 0 Å². The van der Waals surface area contributed by atoms with Crippen molar-refractivity contribution in [1.29, 1.82) is 0 Å². The fourth-order valence-corrected chi connectivity index (χ4v) is 2.28. The number of hydrogen-bond acceptors (Lipinski definition) is 3. The maximum atomic E-state index is 12.1. The molecule has 1 aromatic carbocycles. The van der Waals surface area contributed by atoms with Gasteiger partial charge in [0.05, 0.1) is 12.8 Å². The number of carbonyl (C=O) groups is 1. The van der Waals surface area contributed by atoms with Crippen molar-refractivity contribution >= 4 is 27.5 Å². The number of halogens is 1. The highest BCUT2D eigenvalue weighted by atomic mass is 79.9. The minimum absolute atomic E-state index is 0.101. The summed E-state index contributed by atoms with van der Waals surface area (Å²) in [7, 11) is 1.58. The highest BCUT2D eigenvalue weighted by Gasteiger charge is 2.23. The fourth-order valence-electron chi connectivity index (χ4n) is 1.73. The highest BCUT2D eigenvalue weighted by molar-refractivity contribution is 9.10. The van der Waals surface area contributed by atoms with E-state index in [1.54, 1.807) is 7.11 Å². The van der Waals surface area contributed by atoms with E-state index in [1.165, 1.54) is 0 Å². The second kappa shape index (κ2) is 6.59. The maximum Gasteiger partial charge on any atom is 0.226 e. The second-order valence-electron chi connectivity index (χ2n) is 6.02. The number of carbonyl (C=O) groups excluding carboxylic acids is 1. The van der Waals surface area contributed by atoms with Gasteiger partial charge in [-0.2, -0.15) is 0 Å². The van der Waals surface area contributed by atoms with Crippen molar-refractivity contribution in [2.45, 2.75) is 40.2 Å². The summed E-state index contributed by atoms with van der Waals surface area (Å²) < 4.78 is 6.22. The Labute approximate surface area is 129 Å². The predicted octanol–water partition coefficient (Wildman–Crippen LogP) is 3.47. The summed E-state index contributed by atoms with van der Waals surface area (Å²) >= 11 is 3.41. The average Bonchev–Trinajstić information content (AvgIpc) is 2.30. The molecule has 4 nitrogen and oxygen atoms in total. The second-order valence-corrected chi connectivity index (χ2v) is 6.94. The smallest absolute Gasteiger partial charge is 0.226 e. The lowest BCUT2D eigenvalue weighted by Gasteiger charge is -2.26. The van der Waals surface area contributed by atoms with E-state index < -0.39 is 0 Å². The van der Waals surface area contributed by atoms with Crippen LogP contribution in [0.1, 0.15) is 32.8 Å². The number of hydrogen-bond donors (Lipinski definition) is 2. The lowest BCUT2D eigenvalue weighted by Crippen LogP contribution is -2.38. The Morgan fingerprint density at radius 1 is 1.45 bits per heavy atom. The lowest BCUT2D eigenvalue weighted by molar-refractivity contribution is -0.117. The molecular formula is C15H23BrN2O2. The molecule has 0 spiro atoms. The Balaban J connectivity index is 2.86. The molecular weight excluding hydrogens is 320 g/mol. The maximum absolute atomic E-state index is 12.1. The van der Waals surface area contributed by atoms with Crippen molar-refractivity contribution < 1.29 is 9.53 Å². The molecule has 0 saturated carbocycles. The Kier molecular flexibility index (Phi) is 5.59. The molecule has 112 valence electrons. The molecule has 1 unspecified atom stereocenters. The summed E-state index contributed by atoms with van der Waals surface area (Å²) in [6.07, 6.45) is 0.280. The number of amides is 1. The van der Waals surface area contributed by atoms with Crippen LogP contribution >= 0.6 is 15.9 Å². The van der Waals surface area contributed by atoms with E-state index in [2.05, 4.69) is 21.2 Å². The molecule has 0 bridgehead atoms. The number of anilines is 1. The van der Waals surface area contributed by atoms with Crippen LogP contribution in [0, 0.1) is 12.3 Å². The minimum atomic E-state index is -0.191. The van der Waals surface area contributed by atoms with Gasteiger partial charge in [0.15, 0.2) is 0 Å². The van der Waals surface area contributed by atoms with Gasteiger partial charge in [0.25, 0.3) is 0 Å². The van der Waals surface area contributed by atoms with Crippen LogP contribution in [0.3, 0.4) is 0 Å². The molecule has 5 heteroatoms. The number of ether oxygens (including phenoxy) is 1. The quantitative estimate of drug-likeness (QED) is 0.880. The Bertz CT molecular complexity index is 495. The Hall–Kier alpha value is -1.07. The summed E-state index contributed by atoms with van der Waals surface area (Å²) in [6, 6.07) is 3.57. The number of aryl methyl sites for hydroxylation is 1. The number of nitrogens with two attached hydrogens (primary N) is 1. The van der Waals surface area contributed by atoms with Crippen LogP contribution in [0.5, 0.6) is 5.75 Å². The standard InChI is InChI=1S/C15H23BrN2O2/c1-9-6-10(16)7-11(20-5)14(9)18-13(19)8-12(17)15(2,3)4/h6-7,12H,8,17H2,1-5H3,(H,18,19). The van der Waals surface area contributed by atoms with E-state index >= 15 is 0 Å². The normalized spacial score (nSPS) is 12.9. The highest BCUT2D eigenvalue weighted by Crippen LogP contribution is 2.32. The third-order valence-corrected chi connectivity index (χ3v) is 3.72. The van der Waals surface area contributed by atoms with E-state index in [-0.39, 0.29) is 23.8 Å². The predicted molar refractivity (Wildman–Crippen MR) is 86.1 cm³/mol. The van der Waals surface area contributed by atoms with Gasteiger partial charge in [0.1, 0.15) is 5.75 Å². The van der Waals surface area contributed by atoms with Crippen LogP contribution in [-0.4, -0.2) is 19.1 Å². The Morgan fingerprint density at radius 3 is 2.55 bits per heavy atom. The third kappa shape index (κ3) is 4.49. The van der Waals surface area contributed by atoms with E-state index in [4.69, 9.17) is 10.5 Å². The van der Waals surface area contributed by atoms with Gasteiger partial charge < -0.3 is 15.8 Å². The molecule has 0 saturated heterocycles. The zero-order valence-corrected chi connectivity index (χ0v) is 14.3. The van der Waals surface area contributed by atoms with Crippen molar-refractivity contribution in [3.63, 3.8) is 0 Å². The topological polar surface area (TPSA) is 64.3 Å². The van der Waals surface area contributed by atoms with Crippen molar-refractivity contribution in [3.05, 3.63) is 22.2 Å². The van der Waals surface area contributed by atoms with Gasteiger partial charge in [-0.3, -0.25) is 4.79 Å². The molecule has 1 rings (SSSR count). The van der Waals surface area contributed by atoms with Gasteiger partial charge in [-0.25, -0.2) is 0 Å². The van der Waals surface area contributed by atoms with Crippen LogP contribution in [0.25, 0.3) is 0 Å². The number of nitrogens with one attached hydrogen (secondary N) is 1. The van der Waals surface area contributed by atoms with Crippen LogP contribution in [0.2, 0.25) is 0 Å². The van der Waals surface area contributed by atoms with E-state index in [1.807, 2.05) is 39.8 Å². The zero-order chi connectivity index (χ0) is 15.5. The van der Waals surface area contributed by atoms with Crippen LogP contribution in [0.4, 0.5) is 5.69 Å². The number of rotatable bonds is 4. The molecule has 0 aliphatic carbocycles. The van der Waals surface area contributed by atoms with Gasteiger partial charge in [-0.05, 0) is 30.0 Å². The molecule has 1 aromatic rings. The van der Waals surface area contributed by atoms with Gasteiger partial charge >= 0.3 is 0 Å². The van der Waals surface area contributed by atoms with E-state index in [9.17, 15) is 4.79 Å². The van der Waals surface area contributed by atoms with Crippen molar-refractivity contribution in [1.82, 2.24) is 0 Å². The average molecular weight is 343 g/mol. The SMILES string of the molecule is COc1cc(Br)cc(C)c1NC(=O)CC(N)C(C)(C)C. The first-order valence-corrected chi connectivity index (χ1v) is 7.34. The van der Waals surface area contributed by atoms with Crippen molar-refractivity contribution in [3.8, 4) is 5.75 Å². The monoisotopic (exact) mass is 342 g/mol. The summed E-state index contributed by atoms with van der Waals surface area (Å²) in [5.74, 6) is 0.533. The summed E-state index contributed by atoms with van der Waals surface area (Å²) in [4.78, 5) is 12.1. The van der Waals surface area contributed by atoms with Gasteiger partial charge in [0.2, 0.25) is 5.91 Å². The lowest BCUT2D eigenvalue weighted by atomic mass is 9.85. The van der Waals surface area contributed by atoms with Gasteiger partial charge in [0, 0.05) is 16.9 Å². The van der Waals surface area contributed by atoms with Crippen LogP contribution in [0.15, 0.2) is 16.6 Å². The molecule has 0 radical (unpaired) electrons. The molecule has 0 heterocycles. The third-order valence-electron chi connectivity index (χ3n) is 3.27. The first kappa shape index (κ1) is 17.0. The summed E-state index contributed by atoms with van der Waals surface area (Å²) in [5.41, 5.74) is 7.57. The van der Waals surface area contributed by atoms with Crippen molar-refractivity contribution in [2.24, 2.45) is 11.1 Å². The van der Waals surface area contributed by atoms with E-state index in [0.29, 0.717) is 11.4 Å². The largest absolute Gasteiger partial charge is 0.495 e. The van der Waals surface area contributed by atoms with E-state index in [0.717, 1.165) is 10.0 Å². The minimum Gasteiger partial charge on any atom is -0.495 e. The molecule has 0 aliphatic rings.